The van der Waals surface area contributed by atoms with Crippen molar-refractivity contribution in [2.45, 2.75) is 71.1 Å². The Morgan fingerprint density at radius 2 is 1.00 bits per heavy atom. The van der Waals surface area contributed by atoms with Gasteiger partial charge >= 0.3 is 29.6 Å². The third-order valence-electron chi connectivity index (χ3n) is 4.08. The minimum absolute atomic E-state index is 0. The maximum atomic E-state index is 5.58. The Morgan fingerprint density at radius 1 is 0.615 bits per heavy atom. The number of rotatable bonds is 11. The number of hydrogen-bond acceptors (Lipinski definition) is 1. The summed E-state index contributed by atoms with van der Waals surface area (Å²) in [6, 6.07) is 19.5. The van der Waals surface area contributed by atoms with Crippen LogP contribution < -0.4 is 34.3 Å². The van der Waals surface area contributed by atoms with E-state index in [0.717, 1.165) is 17.9 Å². The van der Waals surface area contributed by atoms with Gasteiger partial charge in [-0.15, -0.1) is 0 Å². The van der Waals surface area contributed by atoms with E-state index in [9.17, 15) is 0 Å². The molecule has 0 heterocycles. The minimum atomic E-state index is 0. The molecule has 0 aliphatic rings. The molecule has 0 atom stereocenters. The molecule has 2 heteroatoms. The van der Waals surface area contributed by atoms with Crippen molar-refractivity contribution in [3.8, 4) is 11.5 Å². The van der Waals surface area contributed by atoms with Crippen molar-refractivity contribution in [3.05, 3.63) is 67.6 Å². The Hall–Kier alpha value is -0.760. The average molecular weight is 363 g/mol. The van der Waals surface area contributed by atoms with E-state index >= 15 is 0 Å². The van der Waals surface area contributed by atoms with Gasteiger partial charge in [-0.05, 0) is 24.3 Å². The predicted molar refractivity (Wildman–Crippen MR) is 110 cm³/mol. The Labute approximate surface area is 183 Å². The van der Waals surface area contributed by atoms with Crippen LogP contribution in [0.5, 0.6) is 11.5 Å². The molecule has 0 spiro atoms. The molecule has 0 amide bonds. The van der Waals surface area contributed by atoms with E-state index in [1.807, 2.05) is 60.7 Å². The number of ether oxygens (including phenoxy) is 1. The Bertz CT molecular complexity index is 451. The zero-order valence-electron chi connectivity index (χ0n) is 17.0. The molecule has 0 aromatic heterocycles. The van der Waals surface area contributed by atoms with Gasteiger partial charge in [0, 0.05) is 0 Å². The van der Waals surface area contributed by atoms with Crippen LogP contribution in [-0.2, 0) is 0 Å². The quantitative estimate of drug-likeness (QED) is 0.302. The maximum Gasteiger partial charge on any atom is 1.00 e. The third-order valence-corrected chi connectivity index (χ3v) is 4.08. The largest absolute Gasteiger partial charge is 1.00 e. The second-order valence-corrected chi connectivity index (χ2v) is 6.41. The van der Waals surface area contributed by atoms with E-state index in [2.05, 4.69) is 13.8 Å². The molecule has 0 saturated heterocycles. The second kappa shape index (κ2) is 19.0. The standard InChI is InChI=1S/C12H10O.C12H25.Na/c1-3-7-11(8-4-1)13-12-9-5-2-6-10-12;1-3-5-7-9-11-12-10-8-6-4-2;/h1-10H;1,3-12H2,2H3;/q;-1;+1. The number of para-hydroxylation sites is 2. The average Bonchev–Trinajstić information content (AvgIpc) is 2.66. The summed E-state index contributed by atoms with van der Waals surface area (Å²) in [7, 11) is 0. The SMILES string of the molecule is [CH2-]CCCCCCCCCCC.[Na+].c1ccc(Oc2ccccc2)cc1. The van der Waals surface area contributed by atoms with Crippen LogP contribution in [0.1, 0.15) is 71.1 Å². The Kier molecular flexibility index (Phi) is 18.5. The fraction of sp³-hybridized carbons (Fsp3) is 0.458. The molecule has 2 aromatic carbocycles. The molecule has 0 radical (unpaired) electrons. The van der Waals surface area contributed by atoms with Gasteiger partial charge in [-0.3, -0.25) is 0 Å². The summed E-state index contributed by atoms with van der Waals surface area (Å²) >= 11 is 0. The summed E-state index contributed by atoms with van der Waals surface area (Å²) in [5.74, 6) is 1.74. The molecule has 0 unspecified atom stereocenters. The van der Waals surface area contributed by atoms with Crippen molar-refractivity contribution in [1.82, 2.24) is 0 Å². The van der Waals surface area contributed by atoms with Gasteiger partial charge in [0.2, 0.25) is 0 Å². The normalized spacial score (nSPS) is 9.62. The summed E-state index contributed by atoms with van der Waals surface area (Å²) < 4.78 is 5.58. The third kappa shape index (κ3) is 14.4. The maximum absolute atomic E-state index is 5.58. The first kappa shape index (κ1) is 25.2. The number of benzene rings is 2. The van der Waals surface area contributed by atoms with Gasteiger partial charge < -0.3 is 11.7 Å². The van der Waals surface area contributed by atoms with Crippen molar-refractivity contribution in [2.24, 2.45) is 0 Å². The fourth-order valence-electron chi connectivity index (χ4n) is 2.60. The Balaban J connectivity index is 0.000000466. The molecule has 0 aliphatic heterocycles. The second-order valence-electron chi connectivity index (χ2n) is 6.41. The van der Waals surface area contributed by atoms with Crippen LogP contribution in [-0.4, -0.2) is 0 Å². The molecule has 0 fully saturated rings. The van der Waals surface area contributed by atoms with E-state index in [-0.39, 0.29) is 29.6 Å². The smallest absolute Gasteiger partial charge is 0.457 e. The van der Waals surface area contributed by atoms with E-state index in [0.29, 0.717) is 0 Å². The van der Waals surface area contributed by atoms with Crippen LogP contribution in [0.3, 0.4) is 0 Å². The fourth-order valence-corrected chi connectivity index (χ4v) is 2.60. The van der Waals surface area contributed by atoms with E-state index in [1.54, 1.807) is 0 Å². The summed E-state index contributed by atoms with van der Waals surface area (Å²) in [6.07, 6.45) is 13.9. The predicted octanol–water partition coefficient (Wildman–Crippen LogP) is 5.22. The molecule has 0 bridgehead atoms. The molecule has 138 valence electrons. The molecule has 1 nitrogen and oxygen atoms in total. The van der Waals surface area contributed by atoms with Crippen LogP contribution in [0.25, 0.3) is 0 Å². The molecule has 2 rings (SSSR count). The first-order chi connectivity index (χ1) is 12.4. The summed E-state index contributed by atoms with van der Waals surface area (Å²) in [5.41, 5.74) is 0. The van der Waals surface area contributed by atoms with E-state index in [1.165, 1.54) is 57.8 Å². The van der Waals surface area contributed by atoms with Gasteiger partial charge in [0.05, 0.1) is 0 Å². The van der Waals surface area contributed by atoms with E-state index in [4.69, 9.17) is 4.74 Å². The van der Waals surface area contributed by atoms with Gasteiger partial charge in [-0.2, -0.15) is 6.42 Å². The topological polar surface area (TPSA) is 9.23 Å². The van der Waals surface area contributed by atoms with Crippen LogP contribution in [0.2, 0.25) is 0 Å². The first-order valence-corrected chi connectivity index (χ1v) is 9.94. The van der Waals surface area contributed by atoms with Crippen LogP contribution in [0, 0.1) is 6.92 Å². The zero-order chi connectivity index (χ0) is 18.0. The summed E-state index contributed by atoms with van der Waals surface area (Å²) in [5, 5.41) is 0. The molecule has 26 heavy (non-hydrogen) atoms. The van der Waals surface area contributed by atoms with Crippen molar-refractivity contribution >= 4 is 0 Å². The van der Waals surface area contributed by atoms with Gasteiger partial charge in [-0.1, -0.05) is 101 Å². The van der Waals surface area contributed by atoms with E-state index < -0.39 is 0 Å². The van der Waals surface area contributed by atoms with Crippen LogP contribution >= 0.6 is 0 Å². The monoisotopic (exact) mass is 362 g/mol. The summed E-state index contributed by atoms with van der Waals surface area (Å²) in [6.45, 7) is 6.12. The molecule has 0 saturated carbocycles. The van der Waals surface area contributed by atoms with Gasteiger partial charge in [0.1, 0.15) is 11.5 Å². The van der Waals surface area contributed by atoms with Gasteiger partial charge in [-0.25, -0.2) is 0 Å². The molecule has 0 N–H and O–H groups in total. The van der Waals surface area contributed by atoms with Crippen molar-refractivity contribution in [2.75, 3.05) is 0 Å². The van der Waals surface area contributed by atoms with Crippen LogP contribution in [0.4, 0.5) is 0 Å². The molecular weight excluding hydrogens is 327 g/mol. The number of unbranched alkanes of at least 4 members (excludes halogenated alkanes) is 9. The minimum Gasteiger partial charge on any atom is -0.457 e. The molecular formula is C24H35NaO. The number of hydrogen-bond donors (Lipinski definition) is 0. The van der Waals surface area contributed by atoms with Gasteiger partial charge in [0.25, 0.3) is 0 Å². The zero-order valence-corrected chi connectivity index (χ0v) is 19.0. The van der Waals surface area contributed by atoms with Crippen LogP contribution in [0.15, 0.2) is 60.7 Å². The molecule has 2 aromatic rings. The summed E-state index contributed by atoms with van der Waals surface area (Å²) in [4.78, 5) is 0. The van der Waals surface area contributed by atoms with Gasteiger partial charge in [0.15, 0.2) is 0 Å². The van der Waals surface area contributed by atoms with Crippen molar-refractivity contribution in [3.63, 3.8) is 0 Å². The first-order valence-electron chi connectivity index (χ1n) is 9.94. The van der Waals surface area contributed by atoms with Crippen molar-refractivity contribution in [1.29, 1.82) is 0 Å². The Morgan fingerprint density at radius 3 is 1.38 bits per heavy atom. The molecule has 0 aliphatic carbocycles. The van der Waals surface area contributed by atoms with Crippen molar-refractivity contribution < 1.29 is 34.3 Å².